The maximum Gasteiger partial charge on any atom is 0.318 e. The molecule has 3 fully saturated rings. The average Bonchev–Trinajstić information content (AvgIpc) is 3.81. The maximum atomic E-state index is 13.8. The molecule has 12 heteroatoms. The molecule has 0 unspecified atom stereocenters. The van der Waals surface area contributed by atoms with Crippen molar-refractivity contribution in [3.8, 4) is 0 Å². The van der Waals surface area contributed by atoms with Crippen LogP contribution in [-0.4, -0.2) is 109 Å². The predicted molar refractivity (Wildman–Crippen MR) is 176 cm³/mol. The first kappa shape index (κ1) is 36.3. The second-order valence-corrected chi connectivity index (χ2v) is 14.2. The molecule has 0 aliphatic carbocycles. The molecule has 12 nitrogen and oxygen atoms in total. The Balaban J connectivity index is 1.42. The lowest BCUT2D eigenvalue weighted by molar-refractivity contribution is -0.141. The Kier molecular flexibility index (Phi) is 12.8. The van der Waals surface area contributed by atoms with Crippen LogP contribution in [0.5, 0.6) is 0 Å². The average molecular weight is 656 g/mol. The first-order chi connectivity index (χ1) is 22.4. The number of urea groups is 1. The molecule has 3 aliphatic rings. The third-order valence-corrected chi connectivity index (χ3v) is 9.13. The number of hydrogen-bond donors (Lipinski definition) is 3. The summed E-state index contributed by atoms with van der Waals surface area (Å²) in [6, 6.07) is 6.37. The second kappa shape index (κ2) is 16.5. The molecule has 5 amide bonds. The van der Waals surface area contributed by atoms with Gasteiger partial charge >= 0.3 is 6.03 Å². The van der Waals surface area contributed by atoms with E-state index in [0.717, 1.165) is 5.56 Å². The van der Waals surface area contributed by atoms with Crippen LogP contribution in [0.2, 0.25) is 0 Å². The highest BCUT2D eigenvalue weighted by atomic mass is 16.6. The minimum absolute atomic E-state index is 0.0802. The molecular formula is C35H53N5O7. The van der Waals surface area contributed by atoms with E-state index in [1.165, 1.54) is 0 Å². The fourth-order valence-corrected chi connectivity index (χ4v) is 6.24. The van der Waals surface area contributed by atoms with E-state index >= 15 is 0 Å². The van der Waals surface area contributed by atoms with Crippen molar-refractivity contribution < 1.29 is 33.4 Å². The number of morpholine rings is 1. The van der Waals surface area contributed by atoms with Crippen molar-refractivity contribution in [3.05, 3.63) is 35.9 Å². The highest BCUT2D eigenvalue weighted by Crippen LogP contribution is 2.30. The van der Waals surface area contributed by atoms with E-state index < -0.39 is 35.5 Å². The molecule has 1 aromatic rings. The normalized spacial score (nSPS) is 21.9. The molecule has 47 heavy (non-hydrogen) atoms. The van der Waals surface area contributed by atoms with Gasteiger partial charge in [-0.15, -0.1) is 0 Å². The number of likely N-dealkylation sites (tertiary alicyclic amines) is 1. The van der Waals surface area contributed by atoms with Gasteiger partial charge in [0.05, 0.1) is 25.9 Å². The molecule has 0 saturated carbocycles. The van der Waals surface area contributed by atoms with Gasteiger partial charge in [0.2, 0.25) is 17.7 Å². The summed E-state index contributed by atoms with van der Waals surface area (Å²) in [5.74, 6) is -0.908. The Bertz CT molecular complexity index is 1240. The number of nitrogens with one attached hydrogen (secondary N) is 3. The fraction of sp³-hybridized carbons (Fsp3) is 0.686. The van der Waals surface area contributed by atoms with Crippen LogP contribution in [0.3, 0.4) is 0 Å². The van der Waals surface area contributed by atoms with Crippen molar-refractivity contribution in [1.82, 2.24) is 25.8 Å². The van der Waals surface area contributed by atoms with Crippen LogP contribution >= 0.6 is 0 Å². The van der Waals surface area contributed by atoms with E-state index in [2.05, 4.69) is 16.0 Å². The number of epoxide rings is 1. The molecule has 260 valence electrons. The first-order valence-electron chi connectivity index (χ1n) is 17.1. The van der Waals surface area contributed by atoms with Gasteiger partial charge in [0.25, 0.3) is 0 Å². The number of Topliss-reactive ketones (excluding diaryl/α,β-unsaturated/α-hetero) is 1. The lowest BCUT2D eigenvalue weighted by Crippen LogP contribution is -2.58. The number of piperidine rings is 1. The topological polar surface area (TPSA) is 150 Å². The van der Waals surface area contributed by atoms with Gasteiger partial charge < -0.3 is 35.2 Å². The van der Waals surface area contributed by atoms with Gasteiger partial charge in [-0.25, -0.2) is 4.79 Å². The van der Waals surface area contributed by atoms with E-state index in [1.54, 1.807) is 11.8 Å². The molecule has 0 radical (unpaired) electrons. The smallest absolute Gasteiger partial charge is 0.318 e. The van der Waals surface area contributed by atoms with E-state index in [4.69, 9.17) is 9.47 Å². The van der Waals surface area contributed by atoms with E-state index in [-0.39, 0.29) is 41.9 Å². The van der Waals surface area contributed by atoms with Crippen LogP contribution in [0, 0.1) is 17.8 Å². The Morgan fingerprint density at radius 2 is 1.34 bits per heavy atom. The van der Waals surface area contributed by atoms with Crippen LogP contribution in [0.1, 0.15) is 65.9 Å². The van der Waals surface area contributed by atoms with Crippen molar-refractivity contribution in [2.75, 3.05) is 46.0 Å². The number of benzene rings is 1. The zero-order valence-electron chi connectivity index (χ0n) is 28.6. The van der Waals surface area contributed by atoms with Crippen LogP contribution in [-0.2, 0) is 35.1 Å². The Labute approximate surface area is 278 Å². The summed E-state index contributed by atoms with van der Waals surface area (Å²) in [6.45, 7) is 13.0. The number of carbonyl (C=O) groups is 5. The molecule has 0 aromatic heterocycles. The van der Waals surface area contributed by atoms with E-state index in [1.807, 2.05) is 62.9 Å². The summed E-state index contributed by atoms with van der Waals surface area (Å²) >= 11 is 0. The van der Waals surface area contributed by atoms with Crippen LogP contribution in [0.25, 0.3) is 0 Å². The number of hydrogen-bond acceptors (Lipinski definition) is 7. The third-order valence-electron chi connectivity index (χ3n) is 9.13. The molecule has 3 aliphatic heterocycles. The zero-order valence-corrected chi connectivity index (χ0v) is 28.6. The van der Waals surface area contributed by atoms with Crippen molar-refractivity contribution >= 4 is 29.5 Å². The predicted octanol–water partition coefficient (Wildman–Crippen LogP) is 2.30. The van der Waals surface area contributed by atoms with Crippen molar-refractivity contribution in [2.45, 2.75) is 90.4 Å². The molecule has 4 rings (SSSR count). The second-order valence-electron chi connectivity index (χ2n) is 14.2. The highest BCUT2D eigenvalue weighted by Gasteiger charge is 2.50. The van der Waals surface area contributed by atoms with E-state index in [9.17, 15) is 24.0 Å². The van der Waals surface area contributed by atoms with Crippen LogP contribution in [0.15, 0.2) is 30.3 Å². The van der Waals surface area contributed by atoms with Crippen LogP contribution in [0.4, 0.5) is 4.79 Å². The highest BCUT2D eigenvalue weighted by molar-refractivity contribution is 5.98. The zero-order chi connectivity index (χ0) is 34.1. The number of rotatable bonds is 14. The van der Waals surface area contributed by atoms with Gasteiger partial charge in [-0.1, -0.05) is 58.0 Å². The summed E-state index contributed by atoms with van der Waals surface area (Å²) in [5.41, 5.74) is -0.0572. The fourth-order valence-electron chi connectivity index (χ4n) is 6.24. The molecule has 0 bridgehead atoms. The lowest BCUT2D eigenvalue weighted by atomic mass is 9.93. The summed E-state index contributed by atoms with van der Waals surface area (Å²) in [6.07, 6.45) is 2.14. The van der Waals surface area contributed by atoms with E-state index in [0.29, 0.717) is 71.7 Å². The number of ether oxygens (including phenoxy) is 2. The maximum absolute atomic E-state index is 13.8. The van der Waals surface area contributed by atoms with Crippen molar-refractivity contribution in [2.24, 2.45) is 17.8 Å². The summed E-state index contributed by atoms with van der Waals surface area (Å²) in [5, 5.41) is 8.72. The van der Waals surface area contributed by atoms with Crippen molar-refractivity contribution in [1.29, 1.82) is 0 Å². The lowest BCUT2D eigenvalue weighted by Gasteiger charge is -2.36. The third kappa shape index (κ3) is 10.5. The number of amides is 5. The van der Waals surface area contributed by atoms with Crippen LogP contribution < -0.4 is 16.0 Å². The Morgan fingerprint density at radius 1 is 0.787 bits per heavy atom. The molecule has 0 spiro atoms. The number of nitrogens with zero attached hydrogens (tertiary/aromatic N) is 2. The molecule has 3 saturated heterocycles. The largest absolute Gasteiger partial charge is 0.378 e. The minimum atomic E-state index is -0.978. The Hall–Kier alpha value is -3.51. The first-order valence-corrected chi connectivity index (χ1v) is 17.1. The molecule has 1 aromatic carbocycles. The van der Waals surface area contributed by atoms with Crippen molar-refractivity contribution in [3.63, 3.8) is 0 Å². The molecular weight excluding hydrogens is 602 g/mol. The Morgan fingerprint density at radius 3 is 1.91 bits per heavy atom. The molecule has 3 N–H and O–H groups in total. The SMILES string of the molecule is CC(C)C[C@H](NC(=O)N1CCC(C(=O)N2CCOCC2)CC1)C(=O)N[C@@H](Cc1ccccc1)C(=O)N[C@@H](CC(C)C)C(=O)[C@@]1(C)CO1. The van der Waals surface area contributed by atoms with Gasteiger partial charge in [-0.2, -0.15) is 0 Å². The molecule has 3 heterocycles. The minimum Gasteiger partial charge on any atom is -0.378 e. The standard InChI is InChI=1S/C35H53N5O7/c1-23(2)19-27(30(41)35(5)22-47-35)36-32(43)29(21-25-9-7-6-8-10-25)37-31(42)28(20-24(3)4)38-34(45)40-13-11-26(12-14-40)33(44)39-15-17-46-18-16-39/h6-10,23-24,26-29H,11-22H2,1-5H3,(H,36,43)(H,37,42)(H,38,45)/t27-,28-,29-,35+/m0/s1. The number of carbonyl (C=O) groups excluding carboxylic acids is 5. The van der Waals surface area contributed by atoms with Gasteiger partial charge in [0.15, 0.2) is 5.78 Å². The molecule has 4 atom stereocenters. The summed E-state index contributed by atoms with van der Waals surface area (Å²) < 4.78 is 10.7. The number of ketones is 1. The van der Waals surface area contributed by atoms with Gasteiger partial charge in [0, 0.05) is 38.5 Å². The monoisotopic (exact) mass is 655 g/mol. The summed E-state index contributed by atoms with van der Waals surface area (Å²) in [4.78, 5) is 70.7. The van der Waals surface area contributed by atoms with Gasteiger partial charge in [-0.3, -0.25) is 19.2 Å². The summed E-state index contributed by atoms with van der Waals surface area (Å²) in [7, 11) is 0. The van der Waals surface area contributed by atoms with Gasteiger partial charge in [-0.05, 0) is 50.0 Å². The quantitative estimate of drug-likeness (QED) is 0.261. The van der Waals surface area contributed by atoms with Gasteiger partial charge in [0.1, 0.15) is 17.7 Å².